The summed E-state index contributed by atoms with van der Waals surface area (Å²) in [5, 5.41) is 0. The van der Waals surface area contributed by atoms with E-state index in [0.717, 1.165) is 6.26 Å². The van der Waals surface area contributed by atoms with Crippen LogP contribution in [0.25, 0.3) is 0 Å². The van der Waals surface area contributed by atoms with Gasteiger partial charge in [-0.1, -0.05) is 0 Å². The maximum absolute atomic E-state index is 11.6. The molecule has 1 saturated heterocycles. The summed E-state index contributed by atoms with van der Waals surface area (Å²) in [7, 11) is -3.28. The molecule has 1 aliphatic rings. The quantitative estimate of drug-likeness (QED) is 0.625. The van der Waals surface area contributed by atoms with Gasteiger partial charge < -0.3 is 15.4 Å². The third-order valence-corrected chi connectivity index (χ3v) is 2.98. The Morgan fingerprint density at radius 3 is 2.80 bits per heavy atom. The van der Waals surface area contributed by atoms with E-state index in [-0.39, 0.29) is 12.6 Å². The smallest absolute Gasteiger partial charge is 0.238 e. The number of carbonyl (C=O) groups is 1. The second-order valence-corrected chi connectivity index (χ2v) is 5.76. The third-order valence-electron chi connectivity index (χ3n) is 2.21. The van der Waals surface area contributed by atoms with Crippen molar-refractivity contribution in [2.75, 3.05) is 38.3 Å². The Bertz CT molecular complexity index is 328. The highest BCUT2D eigenvalue weighted by atomic mass is 32.2. The Morgan fingerprint density at radius 2 is 2.27 bits per heavy atom. The van der Waals surface area contributed by atoms with Gasteiger partial charge in [0.1, 0.15) is 5.75 Å². The van der Waals surface area contributed by atoms with E-state index in [1.807, 2.05) is 0 Å². The molecule has 0 aromatic heterocycles. The summed E-state index contributed by atoms with van der Waals surface area (Å²) >= 11 is 0. The molecule has 0 aliphatic carbocycles. The van der Waals surface area contributed by atoms with E-state index in [4.69, 9.17) is 10.5 Å². The fraction of sp³-hybridized carbons (Fsp3) is 0.875. The van der Waals surface area contributed by atoms with E-state index in [9.17, 15) is 13.2 Å². The van der Waals surface area contributed by atoms with Gasteiger partial charge in [-0.25, -0.2) is 8.42 Å². The molecule has 0 bridgehead atoms. The Balaban J connectivity index is 2.64. The molecular formula is C8H16N2O4S. The van der Waals surface area contributed by atoms with Gasteiger partial charge in [0.15, 0.2) is 9.84 Å². The van der Waals surface area contributed by atoms with Crippen LogP contribution < -0.4 is 5.73 Å². The maximum atomic E-state index is 11.6. The molecule has 0 radical (unpaired) electrons. The predicted octanol–water partition coefficient (Wildman–Crippen LogP) is -1.78. The summed E-state index contributed by atoms with van der Waals surface area (Å²) in [6.07, 6.45) is 1.04. The summed E-state index contributed by atoms with van der Waals surface area (Å²) < 4.78 is 27.1. The zero-order valence-electron chi connectivity index (χ0n) is 8.68. The fourth-order valence-electron chi connectivity index (χ4n) is 1.49. The molecule has 1 fully saturated rings. The highest BCUT2D eigenvalue weighted by Crippen LogP contribution is 2.06. The number of rotatable bonds is 3. The number of ether oxygens (including phenoxy) is 1. The van der Waals surface area contributed by atoms with Crippen molar-refractivity contribution in [2.45, 2.75) is 6.04 Å². The summed E-state index contributed by atoms with van der Waals surface area (Å²) in [5.74, 6) is -0.847. The Hall–Kier alpha value is -0.660. The number of nitrogens with two attached hydrogens (primary N) is 1. The van der Waals surface area contributed by atoms with Crippen molar-refractivity contribution < 1.29 is 17.9 Å². The lowest BCUT2D eigenvalue weighted by Crippen LogP contribution is -2.53. The minimum Gasteiger partial charge on any atom is -0.377 e. The van der Waals surface area contributed by atoms with E-state index < -0.39 is 21.5 Å². The lowest BCUT2D eigenvalue weighted by Gasteiger charge is -2.34. The van der Waals surface area contributed by atoms with Crippen LogP contribution in [0.2, 0.25) is 0 Å². The molecule has 1 atom stereocenters. The van der Waals surface area contributed by atoms with E-state index in [2.05, 4.69) is 0 Å². The van der Waals surface area contributed by atoms with E-state index >= 15 is 0 Å². The number of hydrogen-bond acceptors (Lipinski definition) is 5. The first-order valence-corrected chi connectivity index (χ1v) is 6.75. The molecule has 2 N–H and O–H groups in total. The van der Waals surface area contributed by atoms with Crippen molar-refractivity contribution in [3.8, 4) is 0 Å². The van der Waals surface area contributed by atoms with Crippen LogP contribution in [0, 0.1) is 0 Å². The van der Waals surface area contributed by atoms with Gasteiger partial charge in [-0.3, -0.25) is 4.79 Å². The molecular weight excluding hydrogens is 220 g/mol. The van der Waals surface area contributed by atoms with Gasteiger partial charge in [0.05, 0.1) is 19.3 Å². The topological polar surface area (TPSA) is 89.7 Å². The molecule has 0 aromatic carbocycles. The Labute approximate surface area is 89.3 Å². The van der Waals surface area contributed by atoms with Crippen molar-refractivity contribution in [1.29, 1.82) is 0 Å². The number of amides is 1. The highest BCUT2D eigenvalue weighted by Gasteiger charge is 2.27. The molecule has 0 saturated carbocycles. The van der Waals surface area contributed by atoms with Gasteiger partial charge in [0.25, 0.3) is 0 Å². The Kier molecular flexibility index (Phi) is 4.06. The molecule has 88 valence electrons. The van der Waals surface area contributed by atoms with Crippen molar-refractivity contribution in [1.82, 2.24) is 4.90 Å². The summed E-state index contributed by atoms with van der Waals surface area (Å²) in [5.41, 5.74) is 5.47. The first-order chi connectivity index (χ1) is 6.94. The van der Waals surface area contributed by atoms with Crippen LogP contribution in [0.4, 0.5) is 0 Å². The molecule has 1 heterocycles. The zero-order chi connectivity index (χ0) is 11.5. The van der Waals surface area contributed by atoms with Crippen LogP contribution in [-0.4, -0.2) is 63.6 Å². The van der Waals surface area contributed by atoms with Gasteiger partial charge in [0, 0.05) is 19.3 Å². The van der Waals surface area contributed by atoms with Gasteiger partial charge in [-0.05, 0) is 0 Å². The molecule has 6 nitrogen and oxygen atoms in total. The predicted molar refractivity (Wildman–Crippen MR) is 55.1 cm³/mol. The minimum absolute atomic E-state index is 0.201. The van der Waals surface area contributed by atoms with Crippen molar-refractivity contribution in [2.24, 2.45) is 5.73 Å². The monoisotopic (exact) mass is 236 g/mol. The summed E-state index contributed by atoms with van der Waals surface area (Å²) in [6, 6.07) is -0.201. The maximum Gasteiger partial charge on any atom is 0.238 e. The SMILES string of the molecule is CS(=O)(=O)CC(=O)N1CCOCC1CN. The lowest BCUT2D eigenvalue weighted by molar-refractivity contribution is -0.136. The minimum atomic E-state index is -3.28. The molecule has 1 rings (SSSR count). The largest absolute Gasteiger partial charge is 0.377 e. The molecule has 1 unspecified atom stereocenters. The summed E-state index contributed by atoms with van der Waals surface area (Å²) in [4.78, 5) is 13.1. The van der Waals surface area contributed by atoms with E-state index in [0.29, 0.717) is 19.8 Å². The van der Waals surface area contributed by atoms with Crippen LogP contribution in [0.15, 0.2) is 0 Å². The second-order valence-electron chi connectivity index (χ2n) is 3.62. The molecule has 1 aliphatic heterocycles. The zero-order valence-corrected chi connectivity index (χ0v) is 9.50. The van der Waals surface area contributed by atoms with Gasteiger partial charge in [-0.15, -0.1) is 0 Å². The third kappa shape index (κ3) is 3.77. The lowest BCUT2D eigenvalue weighted by atomic mass is 10.2. The van der Waals surface area contributed by atoms with Crippen molar-refractivity contribution in [3.63, 3.8) is 0 Å². The molecule has 15 heavy (non-hydrogen) atoms. The molecule has 7 heteroatoms. The number of morpholine rings is 1. The molecule has 0 spiro atoms. The average molecular weight is 236 g/mol. The van der Waals surface area contributed by atoms with Crippen LogP contribution in [0.5, 0.6) is 0 Å². The number of carbonyl (C=O) groups excluding carboxylic acids is 1. The molecule has 0 aromatic rings. The van der Waals surface area contributed by atoms with Crippen molar-refractivity contribution >= 4 is 15.7 Å². The van der Waals surface area contributed by atoms with Gasteiger partial charge >= 0.3 is 0 Å². The summed E-state index contributed by atoms with van der Waals surface area (Å²) in [6.45, 7) is 1.52. The second kappa shape index (κ2) is 4.91. The number of hydrogen-bond donors (Lipinski definition) is 1. The first kappa shape index (κ1) is 12.4. The van der Waals surface area contributed by atoms with Crippen LogP contribution in [-0.2, 0) is 19.4 Å². The van der Waals surface area contributed by atoms with E-state index in [1.54, 1.807) is 0 Å². The average Bonchev–Trinajstić information content (AvgIpc) is 2.15. The Morgan fingerprint density at radius 1 is 1.60 bits per heavy atom. The number of nitrogens with zero attached hydrogens (tertiary/aromatic N) is 1. The highest BCUT2D eigenvalue weighted by molar-refractivity contribution is 7.91. The van der Waals surface area contributed by atoms with E-state index in [1.165, 1.54) is 4.90 Å². The van der Waals surface area contributed by atoms with Crippen LogP contribution in [0.3, 0.4) is 0 Å². The first-order valence-electron chi connectivity index (χ1n) is 4.69. The normalized spacial score (nSPS) is 22.8. The van der Waals surface area contributed by atoms with Crippen LogP contribution >= 0.6 is 0 Å². The van der Waals surface area contributed by atoms with Crippen molar-refractivity contribution in [3.05, 3.63) is 0 Å². The van der Waals surface area contributed by atoms with Gasteiger partial charge in [0.2, 0.25) is 5.91 Å². The fourth-order valence-corrected chi connectivity index (χ4v) is 2.10. The standard InChI is InChI=1S/C8H16N2O4S/c1-15(12,13)6-8(11)10-2-3-14-5-7(10)4-9/h7H,2-6,9H2,1H3. The van der Waals surface area contributed by atoms with Gasteiger partial charge in [-0.2, -0.15) is 0 Å². The molecule has 1 amide bonds. The number of sulfone groups is 1. The van der Waals surface area contributed by atoms with Crippen LogP contribution in [0.1, 0.15) is 0 Å².